The Balaban J connectivity index is 1.31. The molecule has 1 amide bonds. The number of anilines is 1. The van der Waals surface area contributed by atoms with Gasteiger partial charge in [0, 0.05) is 43.3 Å². The first-order valence-corrected chi connectivity index (χ1v) is 12.2. The van der Waals surface area contributed by atoms with E-state index >= 15 is 0 Å². The zero-order valence-electron chi connectivity index (χ0n) is 19.1. The second kappa shape index (κ2) is 11.4. The summed E-state index contributed by atoms with van der Waals surface area (Å²) in [4.78, 5) is 15.3. The molecule has 1 aromatic rings. The number of amides is 1. The number of alkyl halides is 1. The van der Waals surface area contributed by atoms with Gasteiger partial charge in [-0.3, -0.25) is 9.69 Å². The zero-order chi connectivity index (χ0) is 23.2. The highest BCUT2D eigenvalue weighted by Crippen LogP contribution is 2.37. The molecule has 1 aromatic carbocycles. The van der Waals surface area contributed by atoms with E-state index in [0.29, 0.717) is 30.4 Å². The van der Waals surface area contributed by atoms with Crippen LogP contribution in [0.2, 0.25) is 0 Å². The van der Waals surface area contributed by atoms with Crippen molar-refractivity contribution in [3.05, 3.63) is 23.8 Å². The van der Waals surface area contributed by atoms with E-state index in [2.05, 4.69) is 21.6 Å². The molecule has 0 bridgehead atoms. The van der Waals surface area contributed by atoms with E-state index in [1.807, 2.05) is 6.07 Å². The van der Waals surface area contributed by atoms with E-state index in [-0.39, 0.29) is 29.3 Å². The summed E-state index contributed by atoms with van der Waals surface area (Å²) in [6, 6.07) is 7.46. The number of ether oxygens (including phenoxy) is 3. The Labute approximate surface area is 200 Å². The summed E-state index contributed by atoms with van der Waals surface area (Å²) in [5.41, 5.74) is 1.31. The summed E-state index contributed by atoms with van der Waals surface area (Å²) in [5.74, 6) is 0.725. The van der Waals surface area contributed by atoms with Crippen molar-refractivity contribution in [3.63, 3.8) is 0 Å². The Morgan fingerprint density at radius 3 is 2.88 bits per heavy atom. The number of fused-ring (bicyclic) bond motifs is 1. The molecule has 5 unspecified atom stereocenters. The van der Waals surface area contributed by atoms with Gasteiger partial charge in [0.25, 0.3) is 0 Å². The predicted molar refractivity (Wildman–Crippen MR) is 126 cm³/mol. The van der Waals surface area contributed by atoms with Crippen LogP contribution in [0.4, 0.5) is 5.69 Å². The normalized spacial score (nSPS) is 30.1. The van der Waals surface area contributed by atoms with Crippen LogP contribution in [0.15, 0.2) is 18.2 Å². The van der Waals surface area contributed by atoms with Crippen molar-refractivity contribution in [2.45, 2.75) is 36.8 Å². The number of nitrogens with zero attached hydrogens (tertiary/aromatic N) is 2. The topological polar surface area (TPSA) is 95.8 Å². The first-order valence-electron chi connectivity index (χ1n) is 11.8. The SMILES string of the molecule is COc1cc(NCC2CC3CC(Cl)CC(OCCN4CCOCC4)C3NC2=O)ccc1C#N. The molecule has 3 aliphatic rings. The third kappa shape index (κ3) is 6.10. The van der Waals surface area contributed by atoms with Gasteiger partial charge in [0.2, 0.25) is 5.91 Å². The Hall–Kier alpha value is -2.05. The number of piperidine rings is 1. The number of hydrogen-bond donors (Lipinski definition) is 2. The summed E-state index contributed by atoms with van der Waals surface area (Å²) in [6.45, 7) is 5.46. The van der Waals surface area contributed by atoms with Crippen LogP contribution < -0.4 is 15.4 Å². The van der Waals surface area contributed by atoms with Gasteiger partial charge in [0.15, 0.2) is 0 Å². The number of halogens is 1. The number of hydrogen-bond acceptors (Lipinski definition) is 7. The van der Waals surface area contributed by atoms with Crippen LogP contribution in [0.1, 0.15) is 24.8 Å². The number of morpholine rings is 1. The van der Waals surface area contributed by atoms with Crippen molar-refractivity contribution in [1.82, 2.24) is 10.2 Å². The van der Waals surface area contributed by atoms with Crippen LogP contribution in [0.5, 0.6) is 5.75 Å². The lowest BCUT2D eigenvalue weighted by atomic mass is 9.74. The molecule has 5 atom stereocenters. The van der Waals surface area contributed by atoms with Gasteiger partial charge in [-0.1, -0.05) is 0 Å². The lowest BCUT2D eigenvalue weighted by molar-refractivity contribution is -0.133. The highest BCUT2D eigenvalue weighted by atomic mass is 35.5. The lowest BCUT2D eigenvalue weighted by Gasteiger charge is -2.45. The number of carbonyl (C=O) groups excluding carboxylic acids is 1. The standard InChI is InChI=1S/C24H33ClN4O4/c1-31-21-13-20(3-2-16(21)14-26)27-15-18-10-17-11-19(25)12-22(23(17)28-24(18)30)33-9-6-29-4-7-32-8-5-29/h2-3,13,17-19,22-23,27H,4-12,15H2,1H3,(H,28,30). The van der Waals surface area contributed by atoms with E-state index in [0.717, 1.165) is 57.8 Å². The number of nitriles is 1. The summed E-state index contributed by atoms with van der Waals surface area (Å²) in [7, 11) is 1.54. The van der Waals surface area contributed by atoms with Gasteiger partial charge in [-0.2, -0.15) is 5.26 Å². The molecule has 9 heteroatoms. The van der Waals surface area contributed by atoms with E-state index < -0.39 is 0 Å². The van der Waals surface area contributed by atoms with Crippen LogP contribution >= 0.6 is 11.6 Å². The molecule has 0 spiro atoms. The van der Waals surface area contributed by atoms with Crippen molar-refractivity contribution >= 4 is 23.2 Å². The first-order chi connectivity index (χ1) is 16.1. The fourth-order valence-electron chi connectivity index (χ4n) is 5.12. The van der Waals surface area contributed by atoms with Gasteiger partial charge in [-0.15, -0.1) is 11.6 Å². The lowest BCUT2D eigenvalue weighted by Crippen LogP contribution is -2.59. The summed E-state index contributed by atoms with van der Waals surface area (Å²) < 4.78 is 16.9. The third-order valence-corrected chi connectivity index (χ3v) is 7.30. The van der Waals surface area contributed by atoms with E-state index in [4.69, 9.17) is 31.1 Å². The quantitative estimate of drug-likeness (QED) is 0.555. The molecule has 33 heavy (non-hydrogen) atoms. The number of nitrogens with one attached hydrogen (secondary N) is 2. The minimum Gasteiger partial charge on any atom is -0.495 e. The minimum atomic E-state index is -0.149. The van der Waals surface area contributed by atoms with Gasteiger partial charge >= 0.3 is 0 Å². The summed E-state index contributed by atoms with van der Waals surface area (Å²) in [5, 5.41) is 15.8. The number of carbonyl (C=O) groups is 1. The van der Waals surface area contributed by atoms with Crippen molar-refractivity contribution < 1.29 is 19.0 Å². The predicted octanol–water partition coefficient (Wildman–Crippen LogP) is 2.22. The van der Waals surface area contributed by atoms with Crippen LogP contribution in [0, 0.1) is 23.2 Å². The monoisotopic (exact) mass is 476 g/mol. The molecule has 4 rings (SSSR count). The summed E-state index contributed by atoms with van der Waals surface area (Å²) in [6.07, 6.45) is 2.38. The maximum atomic E-state index is 12.9. The van der Waals surface area contributed by atoms with E-state index in [1.54, 1.807) is 19.2 Å². The van der Waals surface area contributed by atoms with Crippen molar-refractivity contribution in [1.29, 1.82) is 5.26 Å². The number of methoxy groups -OCH3 is 1. The Morgan fingerprint density at radius 1 is 1.30 bits per heavy atom. The largest absolute Gasteiger partial charge is 0.495 e. The smallest absolute Gasteiger partial charge is 0.225 e. The zero-order valence-corrected chi connectivity index (χ0v) is 19.9. The van der Waals surface area contributed by atoms with Crippen LogP contribution in [-0.4, -0.2) is 81.4 Å². The van der Waals surface area contributed by atoms with Crippen LogP contribution in [0.3, 0.4) is 0 Å². The van der Waals surface area contributed by atoms with Gasteiger partial charge in [0.1, 0.15) is 11.8 Å². The molecule has 1 saturated carbocycles. The second-order valence-electron chi connectivity index (χ2n) is 9.07. The van der Waals surface area contributed by atoms with E-state index in [1.165, 1.54) is 0 Å². The van der Waals surface area contributed by atoms with Crippen molar-refractivity contribution in [3.8, 4) is 11.8 Å². The first kappa shape index (κ1) is 24.1. The average Bonchev–Trinajstić information content (AvgIpc) is 2.83. The Kier molecular flexibility index (Phi) is 8.31. The number of rotatable bonds is 8. The molecule has 2 N–H and O–H groups in total. The molecule has 2 aliphatic heterocycles. The highest BCUT2D eigenvalue weighted by molar-refractivity contribution is 6.20. The Bertz CT molecular complexity index is 857. The maximum absolute atomic E-state index is 12.9. The molecule has 180 valence electrons. The fraction of sp³-hybridized carbons (Fsp3) is 0.667. The molecule has 0 aromatic heterocycles. The van der Waals surface area contributed by atoms with Crippen LogP contribution in [0.25, 0.3) is 0 Å². The summed E-state index contributed by atoms with van der Waals surface area (Å²) >= 11 is 6.60. The fourth-order valence-corrected chi connectivity index (χ4v) is 5.53. The van der Waals surface area contributed by atoms with Gasteiger partial charge < -0.3 is 24.8 Å². The van der Waals surface area contributed by atoms with Gasteiger partial charge in [0.05, 0.1) is 50.6 Å². The Morgan fingerprint density at radius 2 is 2.12 bits per heavy atom. The maximum Gasteiger partial charge on any atom is 0.225 e. The van der Waals surface area contributed by atoms with Gasteiger partial charge in [-0.25, -0.2) is 0 Å². The van der Waals surface area contributed by atoms with E-state index in [9.17, 15) is 4.79 Å². The second-order valence-corrected chi connectivity index (χ2v) is 9.68. The molecule has 3 fully saturated rings. The van der Waals surface area contributed by atoms with Gasteiger partial charge in [-0.05, 0) is 37.3 Å². The highest BCUT2D eigenvalue weighted by Gasteiger charge is 2.44. The minimum absolute atomic E-state index is 0.0171. The molecule has 2 heterocycles. The molecule has 2 saturated heterocycles. The average molecular weight is 477 g/mol. The molecule has 1 aliphatic carbocycles. The number of benzene rings is 1. The molecule has 0 radical (unpaired) electrons. The molecular weight excluding hydrogens is 444 g/mol. The molecule has 8 nitrogen and oxygen atoms in total. The van der Waals surface area contributed by atoms with Crippen molar-refractivity contribution in [2.75, 3.05) is 58.4 Å². The van der Waals surface area contributed by atoms with Crippen LogP contribution in [-0.2, 0) is 14.3 Å². The van der Waals surface area contributed by atoms with Crippen molar-refractivity contribution in [2.24, 2.45) is 11.8 Å². The third-order valence-electron chi connectivity index (χ3n) is 6.94. The molecular formula is C24H33ClN4O4.